The molecule has 0 bridgehead atoms. The van der Waals surface area contributed by atoms with Crippen LogP contribution >= 0.6 is 0 Å². The number of aryl methyl sites for hydroxylation is 1. The Bertz CT molecular complexity index is 518. The van der Waals surface area contributed by atoms with E-state index in [0.717, 1.165) is 5.56 Å². The lowest BCUT2D eigenvalue weighted by Gasteiger charge is -2.12. The third-order valence-electron chi connectivity index (χ3n) is 3.56. The number of nitrogens with one attached hydrogen (secondary N) is 2. The molecule has 0 aromatic heterocycles. The van der Waals surface area contributed by atoms with Crippen LogP contribution < -0.4 is 10.6 Å². The molecular weight excluding hydrogens is 272 g/mol. The lowest BCUT2D eigenvalue weighted by Crippen LogP contribution is -2.35. The molecule has 2 rings (SSSR count). The third kappa shape index (κ3) is 4.54. The highest BCUT2D eigenvalue weighted by Gasteiger charge is 2.29. The maximum atomic E-state index is 12.1. The SMILES string of the molecule is COC1CNC(C(=O)Nc2cccc(CCC(=O)O)c2)C1. The Kier molecular flexibility index (Phi) is 5.30. The summed E-state index contributed by atoms with van der Waals surface area (Å²) in [6.45, 7) is 0.674. The lowest BCUT2D eigenvalue weighted by atomic mass is 10.1. The van der Waals surface area contributed by atoms with Gasteiger partial charge < -0.3 is 20.5 Å². The van der Waals surface area contributed by atoms with Gasteiger partial charge in [0.05, 0.1) is 12.1 Å². The van der Waals surface area contributed by atoms with Crippen LogP contribution in [0.1, 0.15) is 18.4 Å². The number of aliphatic carboxylic acids is 1. The maximum Gasteiger partial charge on any atom is 0.303 e. The van der Waals surface area contributed by atoms with Gasteiger partial charge in [0.1, 0.15) is 0 Å². The molecule has 2 unspecified atom stereocenters. The number of amides is 1. The number of rotatable bonds is 6. The van der Waals surface area contributed by atoms with Gasteiger partial charge in [0.15, 0.2) is 0 Å². The summed E-state index contributed by atoms with van der Waals surface area (Å²) in [6, 6.07) is 7.02. The molecule has 0 spiro atoms. The van der Waals surface area contributed by atoms with E-state index in [1.807, 2.05) is 18.2 Å². The molecule has 0 radical (unpaired) electrons. The summed E-state index contributed by atoms with van der Waals surface area (Å²) >= 11 is 0. The second kappa shape index (κ2) is 7.19. The number of hydrogen-bond donors (Lipinski definition) is 3. The third-order valence-corrected chi connectivity index (χ3v) is 3.56. The van der Waals surface area contributed by atoms with E-state index in [0.29, 0.717) is 25.1 Å². The first kappa shape index (κ1) is 15.5. The van der Waals surface area contributed by atoms with Crippen molar-refractivity contribution < 1.29 is 19.4 Å². The summed E-state index contributed by atoms with van der Waals surface area (Å²) in [5.41, 5.74) is 1.58. The molecule has 1 aliphatic heterocycles. The van der Waals surface area contributed by atoms with Gasteiger partial charge in [-0.1, -0.05) is 12.1 Å². The van der Waals surface area contributed by atoms with Crippen molar-refractivity contribution >= 4 is 17.6 Å². The van der Waals surface area contributed by atoms with Gasteiger partial charge in [0, 0.05) is 25.8 Å². The molecule has 1 aliphatic rings. The average Bonchev–Trinajstić information content (AvgIpc) is 2.94. The number of carbonyl (C=O) groups is 2. The molecule has 3 N–H and O–H groups in total. The van der Waals surface area contributed by atoms with Crippen molar-refractivity contribution in [3.05, 3.63) is 29.8 Å². The van der Waals surface area contributed by atoms with Crippen molar-refractivity contribution in [2.75, 3.05) is 19.0 Å². The first-order valence-corrected chi connectivity index (χ1v) is 6.96. The summed E-state index contributed by atoms with van der Waals surface area (Å²) < 4.78 is 5.22. The fourth-order valence-electron chi connectivity index (χ4n) is 2.37. The minimum absolute atomic E-state index is 0.0719. The van der Waals surface area contributed by atoms with Crippen molar-refractivity contribution in [3.63, 3.8) is 0 Å². The van der Waals surface area contributed by atoms with Gasteiger partial charge in [-0.2, -0.15) is 0 Å². The first-order chi connectivity index (χ1) is 10.1. The van der Waals surface area contributed by atoms with Gasteiger partial charge in [0.2, 0.25) is 5.91 Å². The molecule has 1 saturated heterocycles. The van der Waals surface area contributed by atoms with Crippen LogP contribution in [0.25, 0.3) is 0 Å². The fraction of sp³-hybridized carbons (Fsp3) is 0.467. The zero-order chi connectivity index (χ0) is 15.2. The van der Waals surface area contributed by atoms with Gasteiger partial charge >= 0.3 is 5.97 Å². The lowest BCUT2D eigenvalue weighted by molar-refractivity contribution is -0.137. The standard InChI is InChI=1S/C15H20N2O4/c1-21-12-8-13(16-9-12)15(20)17-11-4-2-3-10(7-11)5-6-14(18)19/h2-4,7,12-13,16H,5-6,8-9H2,1H3,(H,17,20)(H,18,19). The predicted octanol–water partition coefficient (Wildman–Crippen LogP) is 1.02. The molecule has 114 valence electrons. The van der Waals surface area contributed by atoms with Crippen LogP contribution in [-0.2, 0) is 20.7 Å². The normalized spacial score (nSPS) is 21.2. The second-order valence-electron chi connectivity index (χ2n) is 5.14. The fourth-order valence-corrected chi connectivity index (χ4v) is 2.37. The number of hydrogen-bond acceptors (Lipinski definition) is 4. The molecule has 1 amide bonds. The minimum atomic E-state index is -0.829. The number of carboxylic acids is 1. The largest absolute Gasteiger partial charge is 0.481 e. The van der Waals surface area contributed by atoms with E-state index in [9.17, 15) is 9.59 Å². The zero-order valence-corrected chi connectivity index (χ0v) is 12.0. The maximum absolute atomic E-state index is 12.1. The van der Waals surface area contributed by atoms with Crippen molar-refractivity contribution in [1.29, 1.82) is 0 Å². The molecule has 1 aromatic rings. The Hall–Kier alpha value is -1.92. The monoisotopic (exact) mass is 292 g/mol. The first-order valence-electron chi connectivity index (χ1n) is 6.96. The van der Waals surface area contributed by atoms with Gasteiger partial charge in [-0.25, -0.2) is 0 Å². The summed E-state index contributed by atoms with van der Waals surface area (Å²) in [5, 5.41) is 14.7. The van der Waals surface area contributed by atoms with Crippen LogP contribution in [0.4, 0.5) is 5.69 Å². The Morgan fingerprint density at radius 2 is 2.29 bits per heavy atom. The van der Waals surface area contributed by atoms with Gasteiger partial charge in [-0.05, 0) is 30.5 Å². The highest BCUT2D eigenvalue weighted by Crippen LogP contribution is 2.15. The number of benzene rings is 1. The highest BCUT2D eigenvalue weighted by molar-refractivity contribution is 5.95. The van der Waals surface area contributed by atoms with E-state index in [-0.39, 0.29) is 24.5 Å². The molecular formula is C15H20N2O4. The van der Waals surface area contributed by atoms with Crippen LogP contribution in [0, 0.1) is 0 Å². The molecule has 0 saturated carbocycles. The van der Waals surface area contributed by atoms with Crippen molar-refractivity contribution in [1.82, 2.24) is 5.32 Å². The molecule has 1 fully saturated rings. The summed E-state index contributed by atoms with van der Waals surface area (Å²) in [4.78, 5) is 22.7. The van der Waals surface area contributed by atoms with E-state index in [4.69, 9.17) is 9.84 Å². The van der Waals surface area contributed by atoms with Crippen LogP contribution in [0.3, 0.4) is 0 Å². The van der Waals surface area contributed by atoms with Crippen LogP contribution in [-0.4, -0.2) is 42.8 Å². The molecule has 6 heteroatoms. The van der Waals surface area contributed by atoms with E-state index in [2.05, 4.69) is 10.6 Å². The Balaban J connectivity index is 1.91. The zero-order valence-electron chi connectivity index (χ0n) is 12.0. The van der Waals surface area contributed by atoms with E-state index in [1.165, 1.54) is 0 Å². The smallest absolute Gasteiger partial charge is 0.303 e. The number of anilines is 1. The van der Waals surface area contributed by atoms with Crippen molar-refractivity contribution in [2.45, 2.75) is 31.4 Å². The summed E-state index contributed by atoms with van der Waals surface area (Å²) in [6.07, 6.45) is 1.26. The average molecular weight is 292 g/mol. The molecule has 6 nitrogen and oxygen atoms in total. The molecule has 21 heavy (non-hydrogen) atoms. The second-order valence-corrected chi connectivity index (χ2v) is 5.14. The van der Waals surface area contributed by atoms with Crippen LogP contribution in [0.2, 0.25) is 0 Å². The minimum Gasteiger partial charge on any atom is -0.481 e. The molecule has 2 atom stereocenters. The Morgan fingerprint density at radius 3 is 2.95 bits per heavy atom. The van der Waals surface area contributed by atoms with Crippen molar-refractivity contribution in [3.8, 4) is 0 Å². The van der Waals surface area contributed by atoms with Crippen LogP contribution in [0.15, 0.2) is 24.3 Å². The summed E-state index contributed by atoms with van der Waals surface area (Å²) in [7, 11) is 1.64. The topological polar surface area (TPSA) is 87.7 Å². The predicted molar refractivity (Wildman–Crippen MR) is 78.2 cm³/mol. The van der Waals surface area contributed by atoms with Gasteiger partial charge in [-0.3, -0.25) is 9.59 Å². The van der Waals surface area contributed by atoms with Crippen LogP contribution in [0.5, 0.6) is 0 Å². The van der Waals surface area contributed by atoms with Gasteiger partial charge in [-0.15, -0.1) is 0 Å². The highest BCUT2D eigenvalue weighted by atomic mass is 16.5. The molecule has 1 heterocycles. The van der Waals surface area contributed by atoms with Crippen molar-refractivity contribution in [2.24, 2.45) is 0 Å². The number of ether oxygens (including phenoxy) is 1. The van der Waals surface area contributed by atoms with E-state index < -0.39 is 5.97 Å². The number of methoxy groups -OCH3 is 1. The Morgan fingerprint density at radius 1 is 1.48 bits per heavy atom. The van der Waals surface area contributed by atoms with E-state index in [1.54, 1.807) is 13.2 Å². The quantitative estimate of drug-likeness (QED) is 0.728. The number of carboxylic acid groups (broad SMARTS) is 1. The van der Waals surface area contributed by atoms with E-state index >= 15 is 0 Å². The summed E-state index contributed by atoms with van der Waals surface area (Å²) in [5.74, 6) is -0.921. The molecule has 0 aliphatic carbocycles. The Labute approximate surface area is 123 Å². The molecule has 1 aromatic carbocycles. The number of carbonyl (C=O) groups excluding carboxylic acids is 1. The van der Waals surface area contributed by atoms with Gasteiger partial charge in [0.25, 0.3) is 0 Å².